The Kier molecular flexibility index (Phi) is 5.69. The molecule has 0 bridgehead atoms. The Morgan fingerprint density at radius 2 is 2.19 bits per heavy atom. The van der Waals surface area contributed by atoms with Crippen molar-refractivity contribution in [1.29, 1.82) is 0 Å². The van der Waals surface area contributed by atoms with Crippen molar-refractivity contribution in [3.05, 3.63) is 29.3 Å². The minimum absolute atomic E-state index is 0.201. The Morgan fingerprint density at radius 3 is 2.86 bits per heavy atom. The number of carbonyl (C=O) groups is 2. The molecule has 1 heterocycles. The van der Waals surface area contributed by atoms with Gasteiger partial charge in [0, 0.05) is 11.4 Å². The highest BCUT2D eigenvalue weighted by molar-refractivity contribution is 8.39. The fourth-order valence-corrected chi connectivity index (χ4v) is 3.61. The zero-order valence-corrected chi connectivity index (χ0v) is 13.6. The van der Waals surface area contributed by atoms with Crippen molar-refractivity contribution < 1.29 is 9.59 Å². The highest BCUT2D eigenvalue weighted by Gasteiger charge is 2.13. The lowest BCUT2D eigenvalue weighted by Crippen LogP contribution is -2.35. The first-order valence-electron chi connectivity index (χ1n) is 6.53. The second-order valence-electron chi connectivity index (χ2n) is 4.61. The molecular formula is C14H17N3O2S2. The molecule has 0 aliphatic carbocycles. The van der Waals surface area contributed by atoms with Gasteiger partial charge in [0.25, 0.3) is 0 Å². The fraction of sp³-hybridized carbons (Fsp3) is 0.357. The molecule has 0 fully saturated rings. The number of nitrogens with one attached hydrogen (secondary N) is 2. The van der Waals surface area contributed by atoms with Gasteiger partial charge in [0.15, 0.2) is 0 Å². The molecule has 0 atom stereocenters. The second-order valence-corrected chi connectivity index (χ2v) is 6.91. The quantitative estimate of drug-likeness (QED) is 0.897. The maximum Gasteiger partial charge on any atom is 0.325 e. The van der Waals surface area contributed by atoms with Crippen LogP contribution in [0.1, 0.15) is 11.1 Å². The molecule has 0 saturated carbocycles. The zero-order valence-electron chi connectivity index (χ0n) is 11.9. The van der Waals surface area contributed by atoms with Crippen LogP contribution in [0.15, 0.2) is 23.2 Å². The highest BCUT2D eigenvalue weighted by atomic mass is 32.2. The van der Waals surface area contributed by atoms with Gasteiger partial charge in [-0.3, -0.25) is 15.1 Å². The molecule has 2 rings (SSSR count). The molecule has 0 aromatic heterocycles. The first kappa shape index (κ1) is 15.9. The van der Waals surface area contributed by atoms with E-state index in [1.54, 1.807) is 11.8 Å². The summed E-state index contributed by atoms with van der Waals surface area (Å²) >= 11 is 3.01. The van der Waals surface area contributed by atoms with Gasteiger partial charge in [0.2, 0.25) is 5.91 Å². The number of benzene rings is 1. The maximum atomic E-state index is 11.8. The van der Waals surface area contributed by atoms with Gasteiger partial charge in [-0.15, -0.1) is 0 Å². The first-order chi connectivity index (χ1) is 10.0. The Morgan fingerprint density at radius 1 is 1.38 bits per heavy atom. The molecular weight excluding hydrogens is 306 g/mol. The molecule has 1 aliphatic heterocycles. The number of carbonyl (C=O) groups excluding carboxylic acids is 2. The van der Waals surface area contributed by atoms with E-state index in [0.29, 0.717) is 5.69 Å². The Bertz CT molecular complexity index is 588. The van der Waals surface area contributed by atoms with Crippen LogP contribution in [0.4, 0.5) is 10.5 Å². The normalized spacial score (nSPS) is 13.7. The number of aliphatic imine (C=N–C) groups is 1. The lowest BCUT2D eigenvalue weighted by molar-refractivity contribution is -0.117. The van der Waals surface area contributed by atoms with Crippen molar-refractivity contribution in [1.82, 2.24) is 5.32 Å². The third-order valence-corrected chi connectivity index (χ3v) is 5.02. The standard InChI is InChI=1S/C14H17N3O2S2/c1-9-3-4-11(10(2)7-9)16-13(19)17-12(18)8-21-14-15-5-6-20-14/h3-4,7H,5-6,8H2,1-2H3,(H2,16,17,18,19). The summed E-state index contributed by atoms with van der Waals surface area (Å²) in [4.78, 5) is 27.7. The lowest BCUT2D eigenvalue weighted by atomic mass is 10.1. The Hall–Kier alpha value is -1.47. The van der Waals surface area contributed by atoms with Gasteiger partial charge >= 0.3 is 6.03 Å². The molecule has 21 heavy (non-hydrogen) atoms. The molecule has 7 heteroatoms. The number of hydrogen-bond donors (Lipinski definition) is 2. The number of rotatable bonds is 3. The van der Waals surface area contributed by atoms with E-state index in [1.165, 1.54) is 11.8 Å². The van der Waals surface area contributed by atoms with Gasteiger partial charge < -0.3 is 5.32 Å². The number of amides is 3. The minimum atomic E-state index is -0.506. The van der Waals surface area contributed by atoms with Crippen LogP contribution in [0.5, 0.6) is 0 Å². The van der Waals surface area contributed by atoms with E-state index in [1.807, 2.05) is 32.0 Å². The van der Waals surface area contributed by atoms with Gasteiger partial charge in [-0.1, -0.05) is 41.2 Å². The number of nitrogens with zero attached hydrogens (tertiary/aromatic N) is 1. The average Bonchev–Trinajstić information content (AvgIpc) is 2.93. The van der Waals surface area contributed by atoms with Crippen molar-refractivity contribution in [3.8, 4) is 0 Å². The van der Waals surface area contributed by atoms with E-state index in [0.717, 1.165) is 27.8 Å². The summed E-state index contributed by atoms with van der Waals surface area (Å²) in [6.45, 7) is 4.71. The number of urea groups is 1. The van der Waals surface area contributed by atoms with Crippen LogP contribution >= 0.6 is 23.5 Å². The average molecular weight is 323 g/mol. The predicted octanol–water partition coefficient (Wildman–Crippen LogP) is 2.79. The first-order valence-corrected chi connectivity index (χ1v) is 8.50. The van der Waals surface area contributed by atoms with Gasteiger partial charge in [-0.25, -0.2) is 4.79 Å². The van der Waals surface area contributed by atoms with Crippen LogP contribution in [0.3, 0.4) is 0 Å². The van der Waals surface area contributed by atoms with Crippen LogP contribution in [0, 0.1) is 13.8 Å². The van der Waals surface area contributed by atoms with Gasteiger partial charge in [-0.05, 0) is 25.5 Å². The third kappa shape index (κ3) is 5.09. The van der Waals surface area contributed by atoms with Gasteiger partial charge in [0.05, 0.1) is 12.3 Å². The number of anilines is 1. The minimum Gasteiger partial charge on any atom is -0.307 e. The molecule has 1 aliphatic rings. The van der Waals surface area contributed by atoms with Crippen LogP contribution in [0.25, 0.3) is 0 Å². The smallest absolute Gasteiger partial charge is 0.307 e. The molecule has 0 saturated heterocycles. The van der Waals surface area contributed by atoms with E-state index < -0.39 is 6.03 Å². The molecule has 1 aromatic carbocycles. The van der Waals surface area contributed by atoms with Crippen molar-refractivity contribution in [2.45, 2.75) is 13.8 Å². The van der Waals surface area contributed by atoms with Crippen molar-refractivity contribution in [2.75, 3.05) is 23.4 Å². The molecule has 0 unspecified atom stereocenters. The fourth-order valence-electron chi connectivity index (χ4n) is 1.80. The van der Waals surface area contributed by atoms with Crippen molar-refractivity contribution >= 4 is 45.5 Å². The second kappa shape index (κ2) is 7.51. The highest BCUT2D eigenvalue weighted by Crippen LogP contribution is 2.21. The molecule has 5 nitrogen and oxygen atoms in total. The topological polar surface area (TPSA) is 70.6 Å². The van der Waals surface area contributed by atoms with E-state index in [9.17, 15) is 9.59 Å². The lowest BCUT2D eigenvalue weighted by Gasteiger charge is -2.09. The van der Waals surface area contributed by atoms with E-state index in [4.69, 9.17) is 0 Å². The van der Waals surface area contributed by atoms with Crippen molar-refractivity contribution in [2.24, 2.45) is 4.99 Å². The molecule has 0 spiro atoms. The number of thioether (sulfide) groups is 2. The SMILES string of the molecule is Cc1ccc(NC(=O)NC(=O)CSC2=NCCS2)c(C)c1. The number of hydrogen-bond acceptors (Lipinski definition) is 5. The summed E-state index contributed by atoms with van der Waals surface area (Å²) in [5.74, 6) is 0.848. The van der Waals surface area contributed by atoms with E-state index >= 15 is 0 Å². The molecule has 3 amide bonds. The third-order valence-electron chi connectivity index (χ3n) is 2.77. The van der Waals surface area contributed by atoms with Crippen LogP contribution in [-0.2, 0) is 4.79 Å². The van der Waals surface area contributed by atoms with Crippen molar-refractivity contribution in [3.63, 3.8) is 0 Å². The zero-order chi connectivity index (χ0) is 15.2. The summed E-state index contributed by atoms with van der Waals surface area (Å²) in [5, 5.41) is 5.00. The number of aryl methyl sites for hydroxylation is 2. The molecule has 0 radical (unpaired) electrons. The van der Waals surface area contributed by atoms with Crippen LogP contribution < -0.4 is 10.6 Å². The molecule has 2 N–H and O–H groups in total. The predicted molar refractivity (Wildman–Crippen MR) is 90.3 cm³/mol. The Labute approximate surface area is 132 Å². The van der Waals surface area contributed by atoms with Crippen LogP contribution in [0.2, 0.25) is 0 Å². The molecule has 112 valence electrons. The van der Waals surface area contributed by atoms with Crippen LogP contribution in [-0.4, -0.2) is 34.4 Å². The van der Waals surface area contributed by atoms with E-state index in [2.05, 4.69) is 15.6 Å². The summed E-state index contributed by atoms with van der Waals surface area (Å²) in [6, 6.07) is 5.21. The maximum absolute atomic E-state index is 11.8. The summed E-state index contributed by atoms with van der Waals surface area (Å²) in [5.41, 5.74) is 2.79. The summed E-state index contributed by atoms with van der Waals surface area (Å²) in [6.07, 6.45) is 0. The van der Waals surface area contributed by atoms with Gasteiger partial charge in [-0.2, -0.15) is 0 Å². The van der Waals surface area contributed by atoms with E-state index in [-0.39, 0.29) is 11.7 Å². The summed E-state index contributed by atoms with van der Waals surface area (Å²) < 4.78 is 0.917. The summed E-state index contributed by atoms with van der Waals surface area (Å²) in [7, 11) is 0. The largest absolute Gasteiger partial charge is 0.325 e. The van der Waals surface area contributed by atoms with Gasteiger partial charge in [0.1, 0.15) is 4.38 Å². The molecule has 1 aromatic rings. The number of imide groups is 1. The monoisotopic (exact) mass is 323 g/mol. The Balaban J connectivity index is 1.79.